The SMILES string of the molecule is Cc1ccc(-n2nncc2CC(=O)O)cc1. The van der Waals surface area contributed by atoms with E-state index in [1.54, 1.807) is 0 Å². The van der Waals surface area contributed by atoms with Gasteiger partial charge in [-0.2, -0.15) is 0 Å². The van der Waals surface area contributed by atoms with Gasteiger partial charge in [0, 0.05) is 0 Å². The number of hydrogen-bond donors (Lipinski definition) is 1. The smallest absolute Gasteiger partial charge is 0.309 e. The molecule has 1 N–H and O–H groups in total. The van der Waals surface area contributed by atoms with Gasteiger partial charge in [-0.25, -0.2) is 4.68 Å². The molecule has 0 saturated heterocycles. The van der Waals surface area contributed by atoms with Crippen LogP contribution < -0.4 is 0 Å². The third-order valence-corrected chi connectivity index (χ3v) is 2.23. The van der Waals surface area contributed by atoms with Gasteiger partial charge in [-0.15, -0.1) is 5.10 Å². The zero-order chi connectivity index (χ0) is 11.5. The molecule has 0 bridgehead atoms. The first kappa shape index (κ1) is 10.4. The molecule has 5 heteroatoms. The van der Waals surface area contributed by atoms with Crippen LogP contribution >= 0.6 is 0 Å². The lowest BCUT2D eigenvalue weighted by atomic mass is 10.2. The van der Waals surface area contributed by atoms with E-state index >= 15 is 0 Å². The van der Waals surface area contributed by atoms with Gasteiger partial charge in [0.1, 0.15) is 0 Å². The van der Waals surface area contributed by atoms with Crippen LogP contribution in [0, 0.1) is 6.92 Å². The summed E-state index contributed by atoms with van der Waals surface area (Å²) in [5.74, 6) is -0.893. The molecule has 5 nitrogen and oxygen atoms in total. The normalized spacial score (nSPS) is 10.3. The van der Waals surface area contributed by atoms with Crippen LogP contribution in [-0.4, -0.2) is 26.1 Å². The Bertz CT molecular complexity index is 502. The number of aromatic nitrogens is 3. The first-order valence-corrected chi connectivity index (χ1v) is 4.85. The molecule has 0 aliphatic heterocycles. The van der Waals surface area contributed by atoms with Crippen LogP contribution in [0.25, 0.3) is 5.69 Å². The molecule has 1 aromatic heterocycles. The van der Waals surface area contributed by atoms with Crippen molar-refractivity contribution in [1.82, 2.24) is 15.0 Å². The van der Waals surface area contributed by atoms with Gasteiger partial charge in [-0.3, -0.25) is 4.79 Å². The maximum atomic E-state index is 10.6. The van der Waals surface area contributed by atoms with Crippen molar-refractivity contribution in [1.29, 1.82) is 0 Å². The fourth-order valence-electron chi connectivity index (χ4n) is 1.44. The molecule has 0 radical (unpaired) electrons. The van der Waals surface area contributed by atoms with E-state index in [9.17, 15) is 4.79 Å². The quantitative estimate of drug-likeness (QED) is 0.838. The van der Waals surface area contributed by atoms with Crippen molar-refractivity contribution >= 4 is 5.97 Å². The number of carbonyl (C=O) groups is 1. The van der Waals surface area contributed by atoms with Crippen molar-refractivity contribution in [2.75, 3.05) is 0 Å². The number of aliphatic carboxylic acids is 1. The summed E-state index contributed by atoms with van der Waals surface area (Å²) in [6.07, 6.45) is 1.38. The van der Waals surface area contributed by atoms with Crippen LogP contribution in [0.3, 0.4) is 0 Å². The van der Waals surface area contributed by atoms with E-state index < -0.39 is 5.97 Å². The van der Waals surface area contributed by atoms with Gasteiger partial charge >= 0.3 is 5.97 Å². The number of rotatable bonds is 3. The highest BCUT2D eigenvalue weighted by Crippen LogP contribution is 2.10. The Kier molecular flexibility index (Phi) is 2.68. The Morgan fingerprint density at radius 1 is 1.38 bits per heavy atom. The van der Waals surface area contributed by atoms with Gasteiger partial charge < -0.3 is 5.11 Å². The zero-order valence-electron chi connectivity index (χ0n) is 8.79. The van der Waals surface area contributed by atoms with E-state index in [1.807, 2.05) is 31.2 Å². The van der Waals surface area contributed by atoms with E-state index in [4.69, 9.17) is 5.11 Å². The molecule has 0 unspecified atom stereocenters. The number of hydrogen-bond acceptors (Lipinski definition) is 3. The van der Waals surface area contributed by atoms with Crippen LogP contribution in [0.15, 0.2) is 30.5 Å². The number of aryl methyl sites for hydroxylation is 1. The summed E-state index contributed by atoms with van der Waals surface area (Å²) in [7, 11) is 0. The first-order valence-electron chi connectivity index (χ1n) is 4.85. The van der Waals surface area contributed by atoms with Crippen molar-refractivity contribution in [3.63, 3.8) is 0 Å². The summed E-state index contributed by atoms with van der Waals surface area (Å²) >= 11 is 0. The maximum Gasteiger partial charge on any atom is 0.309 e. The lowest BCUT2D eigenvalue weighted by molar-refractivity contribution is -0.136. The molecule has 1 aromatic carbocycles. The third kappa shape index (κ3) is 2.08. The largest absolute Gasteiger partial charge is 0.481 e. The van der Waals surface area contributed by atoms with Gasteiger partial charge in [0.25, 0.3) is 0 Å². The fraction of sp³-hybridized carbons (Fsp3) is 0.182. The second-order valence-corrected chi connectivity index (χ2v) is 3.54. The van der Waals surface area contributed by atoms with Crippen LogP contribution in [0.1, 0.15) is 11.3 Å². The van der Waals surface area contributed by atoms with E-state index in [0.29, 0.717) is 5.69 Å². The second-order valence-electron chi connectivity index (χ2n) is 3.54. The Labute approximate surface area is 92.3 Å². The third-order valence-electron chi connectivity index (χ3n) is 2.23. The summed E-state index contributed by atoms with van der Waals surface area (Å²) in [4.78, 5) is 10.6. The molecule has 1 heterocycles. The molecule has 0 saturated carbocycles. The van der Waals surface area contributed by atoms with Gasteiger partial charge in [0.2, 0.25) is 0 Å². The Morgan fingerprint density at radius 3 is 2.69 bits per heavy atom. The van der Waals surface area contributed by atoms with Gasteiger partial charge in [0.15, 0.2) is 0 Å². The topological polar surface area (TPSA) is 68.0 Å². The van der Waals surface area contributed by atoms with Gasteiger partial charge in [0.05, 0.1) is 24.0 Å². The summed E-state index contributed by atoms with van der Waals surface area (Å²) in [6.45, 7) is 1.99. The van der Waals surface area contributed by atoms with Crippen molar-refractivity contribution in [2.45, 2.75) is 13.3 Å². The lowest BCUT2D eigenvalue weighted by Crippen LogP contribution is -2.07. The van der Waals surface area contributed by atoms with Crippen LogP contribution in [0.2, 0.25) is 0 Å². The summed E-state index contributed by atoms with van der Waals surface area (Å²) in [5, 5.41) is 16.3. The lowest BCUT2D eigenvalue weighted by Gasteiger charge is -2.04. The maximum absolute atomic E-state index is 10.6. The van der Waals surface area contributed by atoms with E-state index in [0.717, 1.165) is 11.3 Å². The first-order chi connectivity index (χ1) is 7.66. The summed E-state index contributed by atoms with van der Waals surface area (Å²) in [6, 6.07) is 7.66. The highest BCUT2D eigenvalue weighted by atomic mass is 16.4. The molecule has 0 atom stereocenters. The molecular weight excluding hydrogens is 206 g/mol. The number of carboxylic acids is 1. The molecule has 16 heavy (non-hydrogen) atoms. The van der Waals surface area contributed by atoms with Crippen molar-refractivity contribution < 1.29 is 9.90 Å². The van der Waals surface area contributed by atoms with Crippen LogP contribution in [0.5, 0.6) is 0 Å². The minimum absolute atomic E-state index is 0.0825. The van der Waals surface area contributed by atoms with E-state index in [2.05, 4.69) is 10.3 Å². The van der Waals surface area contributed by atoms with Gasteiger partial charge in [-0.05, 0) is 19.1 Å². The second kappa shape index (κ2) is 4.14. The molecule has 2 rings (SSSR count). The molecular formula is C11H11N3O2. The summed E-state index contributed by atoms with van der Waals surface area (Å²) in [5.41, 5.74) is 2.53. The molecule has 0 spiro atoms. The van der Waals surface area contributed by atoms with Crippen molar-refractivity contribution in [3.05, 3.63) is 41.7 Å². The summed E-state index contributed by atoms with van der Waals surface area (Å²) < 4.78 is 1.54. The molecule has 0 amide bonds. The van der Waals surface area contributed by atoms with Crippen LogP contribution in [-0.2, 0) is 11.2 Å². The number of nitrogens with zero attached hydrogens (tertiary/aromatic N) is 3. The van der Waals surface area contributed by atoms with E-state index in [-0.39, 0.29) is 6.42 Å². The fourth-order valence-corrected chi connectivity index (χ4v) is 1.44. The van der Waals surface area contributed by atoms with Gasteiger partial charge in [-0.1, -0.05) is 22.9 Å². The van der Waals surface area contributed by atoms with Crippen LogP contribution in [0.4, 0.5) is 0 Å². The molecule has 2 aromatic rings. The average molecular weight is 217 g/mol. The Balaban J connectivity index is 2.36. The minimum atomic E-state index is -0.893. The Hall–Kier alpha value is -2.17. The molecule has 0 aliphatic carbocycles. The minimum Gasteiger partial charge on any atom is -0.481 e. The Morgan fingerprint density at radius 2 is 2.06 bits per heavy atom. The zero-order valence-corrected chi connectivity index (χ0v) is 8.79. The predicted octanol–water partition coefficient (Wildman–Crippen LogP) is 1.20. The monoisotopic (exact) mass is 217 g/mol. The molecule has 0 fully saturated rings. The highest BCUT2D eigenvalue weighted by Gasteiger charge is 2.09. The molecule has 0 aliphatic rings. The predicted molar refractivity (Wildman–Crippen MR) is 57.4 cm³/mol. The van der Waals surface area contributed by atoms with Crippen molar-refractivity contribution in [3.8, 4) is 5.69 Å². The highest BCUT2D eigenvalue weighted by molar-refractivity contribution is 5.69. The molecule has 82 valence electrons. The standard InChI is InChI=1S/C11H11N3O2/c1-8-2-4-9(5-3-8)14-10(6-11(15)16)7-12-13-14/h2-5,7H,6H2,1H3,(H,15,16). The average Bonchev–Trinajstić information content (AvgIpc) is 2.66. The van der Waals surface area contributed by atoms with Crippen molar-refractivity contribution in [2.24, 2.45) is 0 Å². The number of carboxylic acid groups (broad SMARTS) is 1. The van der Waals surface area contributed by atoms with E-state index in [1.165, 1.54) is 10.9 Å². The number of benzene rings is 1.